The van der Waals surface area contributed by atoms with Crippen molar-refractivity contribution < 1.29 is 14.8 Å². The normalized spacial score (nSPS) is 10.0. The second kappa shape index (κ2) is 4.62. The smallest absolute Gasteiger partial charge is 0.354 e. The maximum atomic E-state index is 10.8. The highest BCUT2D eigenvalue weighted by molar-refractivity contribution is 5.86. The first-order valence-electron chi connectivity index (χ1n) is 5.03. The highest BCUT2D eigenvalue weighted by Crippen LogP contribution is 2.22. The van der Waals surface area contributed by atoms with E-state index in [0.717, 1.165) is 0 Å². The molecule has 18 heavy (non-hydrogen) atoms. The molecular formula is C12H8N2O4. The second-order valence-electron chi connectivity index (χ2n) is 3.52. The van der Waals surface area contributed by atoms with Crippen molar-refractivity contribution in [3.8, 4) is 11.3 Å². The van der Waals surface area contributed by atoms with Crippen molar-refractivity contribution in [2.75, 3.05) is 0 Å². The molecule has 0 saturated carbocycles. The standard InChI is InChI=1S/C12H8N2O4/c15-12(16)11-6-2-5-10(13-11)8-3-1-4-9(7-8)14(17)18/h1-7H,(H,15,16). The van der Waals surface area contributed by atoms with Gasteiger partial charge in [0, 0.05) is 17.7 Å². The number of non-ortho nitro benzene ring substituents is 1. The van der Waals surface area contributed by atoms with Crippen molar-refractivity contribution in [3.63, 3.8) is 0 Å². The number of pyridine rings is 1. The van der Waals surface area contributed by atoms with Crippen LogP contribution in [0.3, 0.4) is 0 Å². The van der Waals surface area contributed by atoms with Gasteiger partial charge in [-0.05, 0) is 12.1 Å². The van der Waals surface area contributed by atoms with E-state index in [4.69, 9.17) is 5.11 Å². The lowest BCUT2D eigenvalue weighted by Gasteiger charge is -2.01. The molecule has 1 aromatic carbocycles. The van der Waals surface area contributed by atoms with Gasteiger partial charge < -0.3 is 5.11 Å². The fourth-order valence-corrected chi connectivity index (χ4v) is 1.49. The zero-order valence-corrected chi connectivity index (χ0v) is 9.11. The van der Waals surface area contributed by atoms with Crippen LogP contribution in [0.25, 0.3) is 11.3 Å². The topological polar surface area (TPSA) is 93.3 Å². The predicted molar refractivity (Wildman–Crippen MR) is 63.3 cm³/mol. The number of nitro groups is 1. The number of aromatic nitrogens is 1. The first-order chi connectivity index (χ1) is 8.58. The third kappa shape index (κ3) is 2.32. The Bertz CT molecular complexity index is 569. The van der Waals surface area contributed by atoms with Gasteiger partial charge in [-0.15, -0.1) is 0 Å². The van der Waals surface area contributed by atoms with Crippen molar-refractivity contribution in [2.24, 2.45) is 0 Å². The molecule has 1 aromatic heterocycles. The first kappa shape index (κ1) is 11.7. The minimum Gasteiger partial charge on any atom is -0.477 e. The quantitative estimate of drug-likeness (QED) is 0.660. The van der Waals surface area contributed by atoms with Crippen LogP contribution in [-0.2, 0) is 0 Å². The van der Waals surface area contributed by atoms with Gasteiger partial charge in [-0.3, -0.25) is 10.1 Å². The molecule has 0 unspecified atom stereocenters. The van der Waals surface area contributed by atoms with E-state index in [-0.39, 0.29) is 11.4 Å². The zero-order chi connectivity index (χ0) is 13.1. The second-order valence-corrected chi connectivity index (χ2v) is 3.52. The Kier molecular flexibility index (Phi) is 3.01. The van der Waals surface area contributed by atoms with Crippen LogP contribution in [0.1, 0.15) is 10.5 Å². The summed E-state index contributed by atoms with van der Waals surface area (Å²) < 4.78 is 0. The minimum atomic E-state index is -1.14. The summed E-state index contributed by atoms with van der Waals surface area (Å²) in [5.41, 5.74) is 0.736. The number of hydrogen-bond acceptors (Lipinski definition) is 4. The summed E-state index contributed by atoms with van der Waals surface area (Å²) in [5, 5.41) is 19.5. The predicted octanol–water partition coefficient (Wildman–Crippen LogP) is 2.36. The summed E-state index contributed by atoms with van der Waals surface area (Å²) in [6, 6.07) is 10.4. The van der Waals surface area contributed by atoms with E-state index in [1.807, 2.05) is 0 Å². The Morgan fingerprint density at radius 1 is 1.22 bits per heavy atom. The molecule has 2 rings (SSSR count). The number of nitrogens with zero attached hydrogens (tertiary/aromatic N) is 2. The highest BCUT2D eigenvalue weighted by atomic mass is 16.6. The molecule has 0 saturated heterocycles. The molecule has 0 bridgehead atoms. The van der Waals surface area contributed by atoms with Crippen LogP contribution in [-0.4, -0.2) is 21.0 Å². The molecule has 0 aliphatic carbocycles. The SMILES string of the molecule is O=C(O)c1cccc(-c2cccc([N+](=O)[O-])c2)n1. The number of hydrogen-bond donors (Lipinski definition) is 1. The fourth-order valence-electron chi connectivity index (χ4n) is 1.49. The summed E-state index contributed by atoms with van der Waals surface area (Å²) in [7, 11) is 0. The van der Waals surface area contributed by atoms with E-state index in [2.05, 4.69) is 4.98 Å². The average Bonchev–Trinajstić information content (AvgIpc) is 2.39. The van der Waals surface area contributed by atoms with E-state index in [1.54, 1.807) is 18.2 Å². The molecule has 2 aromatic rings. The van der Waals surface area contributed by atoms with E-state index in [1.165, 1.54) is 24.3 Å². The number of benzene rings is 1. The molecule has 0 radical (unpaired) electrons. The molecule has 0 atom stereocenters. The van der Waals surface area contributed by atoms with Crippen molar-refractivity contribution >= 4 is 11.7 Å². The van der Waals surface area contributed by atoms with Gasteiger partial charge in [0.15, 0.2) is 0 Å². The third-order valence-corrected chi connectivity index (χ3v) is 2.32. The van der Waals surface area contributed by atoms with Crippen LogP contribution in [0.15, 0.2) is 42.5 Å². The van der Waals surface area contributed by atoms with Gasteiger partial charge in [0.05, 0.1) is 10.6 Å². The monoisotopic (exact) mass is 244 g/mol. The lowest BCUT2D eigenvalue weighted by atomic mass is 10.1. The van der Waals surface area contributed by atoms with Crippen LogP contribution in [0.2, 0.25) is 0 Å². The summed E-state index contributed by atoms with van der Waals surface area (Å²) in [4.78, 5) is 24.9. The lowest BCUT2D eigenvalue weighted by Crippen LogP contribution is -2.00. The molecule has 0 amide bonds. The van der Waals surface area contributed by atoms with Crippen molar-refractivity contribution in [1.82, 2.24) is 4.98 Å². The highest BCUT2D eigenvalue weighted by Gasteiger charge is 2.10. The maximum absolute atomic E-state index is 10.8. The van der Waals surface area contributed by atoms with Gasteiger partial charge in [0.2, 0.25) is 0 Å². The summed E-state index contributed by atoms with van der Waals surface area (Å²) in [6.45, 7) is 0. The van der Waals surface area contributed by atoms with Crippen molar-refractivity contribution in [1.29, 1.82) is 0 Å². The minimum absolute atomic E-state index is 0.0602. The zero-order valence-electron chi connectivity index (χ0n) is 9.11. The van der Waals surface area contributed by atoms with Crippen LogP contribution < -0.4 is 0 Å². The van der Waals surface area contributed by atoms with Gasteiger partial charge in [-0.1, -0.05) is 18.2 Å². The molecule has 90 valence electrons. The fraction of sp³-hybridized carbons (Fsp3) is 0. The first-order valence-corrected chi connectivity index (χ1v) is 5.03. The molecule has 0 aliphatic heterocycles. The molecule has 1 heterocycles. The average molecular weight is 244 g/mol. The summed E-state index contributed by atoms with van der Waals surface area (Å²) in [5.74, 6) is -1.14. The number of carbonyl (C=O) groups is 1. The van der Waals surface area contributed by atoms with Gasteiger partial charge in [0.1, 0.15) is 5.69 Å². The van der Waals surface area contributed by atoms with E-state index in [9.17, 15) is 14.9 Å². The molecular weight excluding hydrogens is 236 g/mol. The molecule has 6 heteroatoms. The number of nitro benzene ring substituents is 1. The third-order valence-electron chi connectivity index (χ3n) is 2.32. The molecule has 6 nitrogen and oxygen atoms in total. The number of carboxylic acids is 1. The molecule has 0 spiro atoms. The van der Waals surface area contributed by atoms with E-state index >= 15 is 0 Å². The molecule has 1 N–H and O–H groups in total. The van der Waals surface area contributed by atoms with Crippen LogP contribution in [0, 0.1) is 10.1 Å². The van der Waals surface area contributed by atoms with Gasteiger partial charge in [-0.2, -0.15) is 0 Å². The molecule has 0 aliphatic rings. The Morgan fingerprint density at radius 3 is 2.61 bits per heavy atom. The van der Waals surface area contributed by atoms with Crippen molar-refractivity contribution in [2.45, 2.75) is 0 Å². The van der Waals surface area contributed by atoms with Gasteiger partial charge >= 0.3 is 5.97 Å². The van der Waals surface area contributed by atoms with Crippen LogP contribution >= 0.6 is 0 Å². The molecule has 0 fully saturated rings. The summed E-state index contributed by atoms with van der Waals surface area (Å²) >= 11 is 0. The van der Waals surface area contributed by atoms with E-state index < -0.39 is 10.9 Å². The number of carboxylic acid groups (broad SMARTS) is 1. The Hall–Kier alpha value is -2.76. The maximum Gasteiger partial charge on any atom is 0.354 e. The summed E-state index contributed by atoms with van der Waals surface area (Å²) in [6.07, 6.45) is 0. The van der Waals surface area contributed by atoms with E-state index in [0.29, 0.717) is 11.3 Å². The lowest BCUT2D eigenvalue weighted by molar-refractivity contribution is -0.384. The van der Waals surface area contributed by atoms with Crippen LogP contribution in [0.5, 0.6) is 0 Å². The number of rotatable bonds is 3. The Balaban J connectivity index is 2.48. The van der Waals surface area contributed by atoms with Crippen molar-refractivity contribution in [3.05, 3.63) is 58.3 Å². The largest absolute Gasteiger partial charge is 0.477 e. The number of aromatic carboxylic acids is 1. The van der Waals surface area contributed by atoms with Gasteiger partial charge in [-0.25, -0.2) is 9.78 Å². The van der Waals surface area contributed by atoms with Gasteiger partial charge in [0.25, 0.3) is 5.69 Å². The van der Waals surface area contributed by atoms with Crippen LogP contribution in [0.4, 0.5) is 5.69 Å². The Morgan fingerprint density at radius 2 is 1.94 bits per heavy atom. The Labute approximate surface area is 102 Å².